The summed E-state index contributed by atoms with van der Waals surface area (Å²) in [5, 5.41) is 2.17. The lowest BCUT2D eigenvalue weighted by Gasteiger charge is -2.38. The van der Waals surface area contributed by atoms with Crippen LogP contribution in [-0.4, -0.2) is 16.2 Å². The summed E-state index contributed by atoms with van der Waals surface area (Å²) in [4.78, 5) is 17.6. The maximum absolute atomic E-state index is 14.8. The minimum Gasteiger partial charge on any atom is -0.474 e. The van der Waals surface area contributed by atoms with Crippen molar-refractivity contribution in [3.05, 3.63) is 64.3 Å². The first-order valence-corrected chi connectivity index (χ1v) is 8.33. The number of nitrogens with one attached hydrogen (secondary N) is 2. The van der Waals surface area contributed by atoms with Gasteiger partial charge in [0.05, 0.1) is 6.07 Å². The smallest absolute Gasteiger partial charge is 0.422 e. The molecular weight excluding hydrogens is 382 g/mol. The van der Waals surface area contributed by atoms with Crippen LogP contribution in [0.15, 0.2) is 52.0 Å². The van der Waals surface area contributed by atoms with E-state index < -0.39 is 23.5 Å². The lowest BCUT2D eigenvalue weighted by Crippen LogP contribution is -2.47. The van der Waals surface area contributed by atoms with Gasteiger partial charge in [-0.05, 0) is 12.1 Å². The van der Waals surface area contributed by atoms with Crippen LogP contribution >= 0.6 is 0 Å². The molecule has 1 aliphatic rings. The molecule has 3 heterocycles. The number of rotatable bonds is 4. The van der Waals surface area contributed by atoms with Crippen LogP contribution in [0.3, 0.4) is 0 Å². The van der Waals surface area contributed by atoms with E-state index >= 15 is 0 Å². The van der Waals surface area contributed by atoms with Crippen molar-refractivity contribution in [2.24, 2.45) is 0 Å². The van der Waals surface area contributed by atoms with Gasteiger partial charge in [0.25, 0.3) is 5.56 Å². The van der Waals surface area contributed by atoms with Gasteiger partial charge in [0.2, 0.25) is 17.2 Å². The highest BCUT2D eigenvalue weighted by molar-refractivity contribution is 5.55. The summed E-state index contributed by atoms with van der Waals surface area (Å²) in [6, 6.07) is 6.43. The number of halogens is 4. The predicted octanol–water partition coefficient (Wildman–Crippen LogP) is 3.27. The van der Waals surface area contributed by atoms with Crippen molar-refractivity contribution in [2.45, 2.75) is 30.8 Å². The largest absolute Gasteiger partial charge is 0.474 e. The fourth-order valence-corrected chi connectivity index (χ4v) is 3.04. The third-order valence-corrected chi connectivity index (χ3v) is 4.56. The number of alkyl halides is 4. The van der Waals surface area contributed by atoms with Crippen LogP contribution in [0, 0.1) is 0 Å². The number of ether oxygens (including phenoxy) is 1. The molecule has 0 amide bonds. The van der Waals surface area contributed by atoms with E-state index in [1.807, 2.05) is 0 Å². The van der Waals surface area contributed by atoms with Crippen molar-refractivity contribution < 1.29 is 31.8 Å². The van der Waals surface area contributed by atoms with Gasteiger partial charge in [0, 0.05) is 36.7 Å². The quantitative estimate of drug-likeness (QED) is 0.687. The van der Waals surface area contributed by atoms with Crippen LogP contribution < -0.4 is 15.3 Å². The van der Waals surface area contributed by atoms with Gasteiger partial charge in [-0.2, -0.15) is 18.3 Å². The molecule has 0 aromatic carbocycles. The molecule has 1 aliphatic carbocycles. The second-order valence-corrected chi connectivity index (χ2v) is 6.56. The second kappa shape index (κ2) is 6.47. The number of aromatic nitrogens is 3. The van der Waals surface area contributed by atoms with Crippen LogP contribution in [0.2, 0.25) is 0 Å². The van der Waals surface area contributed by atoms with E-state index in [2.05, 4.69) is 15.1 Å². The van der Waals surface area contributed by atoms with Gasteiger partial charge in [0.15, 0.2) is 12.0 Å². The summed E-state index contributed by atoms with van der Waals surface area (Å²) >= 11 is 0. The fraction of sp³-hybridized carbons (Fsp3) is 0.278. The second-order valence-electron chi connectivity index (χ2n) is 6.56. The Hall–Kier alpha value is -3.17. The van der Waals surface area contributed by atoms with Gasteiger partial charge in [-0.15, -0.1) is 0 Å². The number of pyridine rings is 2. The summed E-state index contributed by atoms with van der Waals surface area (Å²) in [6.07, 6.45) is -2.75. The molecule has 6 nitrogen and oxygen atoms in total. The van der Waals surface area contributed by atoms with E-state index in [9.17, 15) is 22.4 Å². The Morgan fingerprint density at radius 3 is 2.57 bits per heavy atom. The number of nitrogens with zero attached hydrogens (tertiary/aromatic N) is 1. The number of H-pyrrole nitrogens is 2. The van der Waals surface area contributed by atoms with Crippen LogP contribution in [0.1, 0.15) is 24.1 Å². The number of hydrogen-bond acceptors (Lipinski definition) is 4. The van der Waals surface area contributed by atoms with E-state index in [0.717, 1.165) is 18.3 Å². The van der Waals surface area contributed by atoms with E-state index in [1.165, 1.54) is 12.3 Å². The molecular formula is C18H14F4N3O3+. The molecule has 0 bridgehead atoms. The summed E-state index contributed by atoms with van der Waals surface area (Å²) < 4.78 is 63.2. The van der Waals surface area contributed by atoms with Crippen molar-refractivity contribution in [1.82, 2.24) is 10.1 Å². The maximum Gasteiger partial charge on any atom is 0.422 e. The summed E-state index contributed by atoms with van der Waals surface area (Å²) in [5.41, 5.74) is -2.37. The van der Waals surface area contributed by atoms with Crippen LogP contribution in [0.5, 0.6) is 5.88 Å². The highest BCUT2D eigenvalue weighted by atomic mass is 19.4. The Balaban J connectivity index is 1.38. The Labute approximate surface area is 155 Å². The molecule has 0 spiro atoms. The first-order valence-electron chi connectivity index (χ1n) is 8.33. The van der Waals surface area contributed by atoms with E-state index in [4.69, 9.17) is 9.26 Å². The van der Waals surface area contributed by atoms with Crippen LogP contribution in [0.25, 0.3) is 11.3 Å². The summed E-state index contributed by atoms with van der Waals surface area (Å²) in [7, 11) is 0. The Kier molecular flexibility index (Phi) is 4.20. The molecule has 10 heteroatoms. The van der Waals surface area contributed by atoms with Gasteiger partial charge in [-0.3, -0.25) is 4.79 Å². The first kappa shape index (κ1) is 18.2. The zero-order chi connectivity index (χ0) is 19.9. The van der Waals surface area contributed by atoms with E-state index in [1.54, 1.807) is 12.1 Å². The summed E-state index contributed by atoms with van der Waals surface area (Å²) in [5.74, 6) is 0.596. The standard InChI is InChI=1S/C18H13F4N3O3/c19-17(14-3-2-11(9-23-14)18(20,21)22)6-12(7-17)27-16-4-1-10(8-24-16)13-5-15(26)25-28-13/h1-5,8-9,12H,6-7H2,(H,25,26)/p+1. The van der Waals surface area contributed by atoms with Crippen LogP contribution in [0.4, 0.5) is 17.6 Å². The van der Waals surface area contributed by atoms with Crippen molar-refractivity contribution in [3.8, 4) is 17.2 Å². The molecule has 0 radical (unpaired) electrons. The molecule has 28 heavy (non-hydrogen) atoms. The topological polar surface area (TPSA) is 82.3 Å². The first-order chi connectivity index (χ1) is 13.2. The Morgan fingerprint density at radius 1 is 1.25 bits per heavy atom. The minimum atomic E-state index is -4.48. The lowest BCUT2D eigenvalue weighted by atomic mass is 9.76. The fourth-order valence-electron chi connectivity index (χ4n) is 3.04. The van der Waals surface area contributed by atoms with Crippen LogP contribution in [-0.2, 0) is 11.8 Å². The Bertz CT molecular complexity index is 1020. The molecule has 4 rings (SSSR count). The highest BCUT2D eigenvalue weighted by Crippen LogP contribution is 2.45. The number of aromatic amines is 2. The monoisotopic (exact) mass is 396 g/mol. The molecule has 1 saturated carbocycles. The van der Waals surface area contributed by atoms with Gasteiger partial charge in [-0.1, -0.05) is 0 Å². The summed E-state index contributed by atoms with van der Waals surface area (Å²) in [6.45, 7) is 0. The zero-order valence-corrected chi connectivity index (χ0v) is 14.2. The van der Waals surface area contributed by atoms with Crippen molar-refractivity contribution in [3.63, 3.8) is 0 Å². The van der Waals surface area contributed by atoms with E-state index in [-0.39, 0.29) is 30.0 Å². The normalized spacial score (nSPS) is 21.9. The van der Waals surface area contributed by atoms with Gasteiger partial charge >= 0.3 is 6.18 Å². The lowest BCUT2D eigenvalue weighted by molar-refractivity contribution is -0.412. The molecule has 2 N–H and O–H groups in total. The van der Waals surface area contributed by atoms with Crippen molar-refractivity contribution in [2.75, 3.05) is 0 Å². The van der Waals surface area contributed by atoms with Gasteiger partial charge in [0.1, 0.15) is 11.7 Å². The zero-order valence-electron chi connectivity index (χ0n) is 14.2. The van der Waals surface area contributed by atoms with E-state index in [0.29, 0.717) is 11.3 Å². The molecule has 3 aromatic heterocycles. The minimum absolute atomic E-state index is 0.00895. The molecule has 1 fully saturated rings. The molecule has 0 aliphatic heterocycles. The average Bonchev–Trinajstić information content (AvgIpc) is 3.07. The molecule has 0 atom stereocenters. The van der Waals surface area contributed by atoms with Crippen molar-refractivity contribution in [1.29, 1.82) is 0 Å². The Morgan fingerprint density at radius 2 is 2.04 bits per heavy atom. The molecule has 146 valence electrons. The van der Waals surface area contributed by atoms with Crippen molar-refractivity contribution >= 4 is 0 Å². The van der Waals surface area contributed by atoms with Gasteiger partial charge in [-0.25, -0.2) is 14.4 Å². The third kappa shape index (κ3) is 3.49. The third-order valence-electron chi connectivity index (χ3n) is 4.56. The average molecular weight is 396 g/mol. The predicted molar refractivity (Wildman–Crippen MR) is 87.0 cm³/mol. The highest BCUT2D eigenvalue weighted by Gasteiger charge is 2.52. The maximum atomic E-state index is 14.8. The molecule has 3 aromatic rings. The molecule has 0 saturated heterocycles. The molecule has 0 unspecified atom stereocenters. The SMILES string of the molecule is O=c1cc(-c2ccc(OC3CC(F)(c4ccc(C(F)(F)F)c[nH+]4)C3)nc2)o[nH]1. The van der Waals surface area contributed by atoms with Gasteiger partial charge < -0.3 is 9.26 Å². The number of hydrogen-bond donors (Lipinski definition) is 1.